The molecule has 1 spiro atoms. The van der Waals surface area contributed by atoms with E-state index in [9.17, 15) is 14.7 Å². The summed E-state index contributed by atoms with van der Waals surface area (Å²) in [5.74, 6) is -1.04. The first kappa shape index (κ1) is 15.7. The highest BCUT2D eigenvalue weighted by atomic mass is 32.1. The molecule has 0 saturated carbocycles. The number of hydrogen-bond acceptors (Lipinski definition) is 4. The minimum absolute atomic E-state index is 0.0590. The SMILES string of the molecule is CC1(C)CC2(CCN(C(=O)c3cc4scc(C(=O)O)c4[nH]3)C2)CO1. The monoisotopic (exact) mass is 348 g/mol. The number of carbonyl (C=O) groups excluding carboxylic acids is 1. The third-order valence-corrected chi connectivity index (χ3v) is 6.04. The quantitative estimate of drug-likeness (QED) is 0.874. The molecule has 1 atom stereocenters. The molecule has 0 bridgehead atoms. The third kappa shape index (κ3) is 2.43. The number of carboxylic acid groups (broad SMARTS) is 1. The second-order valence-corrected chi connectivity index (χ2v) is 8.49. The lowest BCUT2D eigenvalue weighted by molar-refractivity contribution is 0.0315. The lowest BCUT2D eigenvalue weighted by atomic mass is 9.81. The molecular formula is C17H20N2O4S. The molecule has 2 fully saturated rings. The van der Waals surface area contributed by atoms with Gasteiger partial charge >= 0.3 is 5.97 Å². The van der Waals surface area contributed by atoms with Crippen molar-refractivity contribution in [3.63, 3.8) is 0 Å². The van der Waals surface area contributed by atoms with Crippen LogP contribution in [0.5, 0.6) is 0 Å². The number of ether oxygens (including phenoxy) is 1. The standard InChI is InChI=1S/C17H20N2O4S/c1-16(2)7-17(9-23-16)3-4-19(8-17)14(20)11-5-12-13(18-11)10(6-24-12)15(21)22/h5-6,18H,3-4,7-9H2,1-2H3,(H,21,22). The highest BCUT2D eigenvalue weighted by Crippen LogP contribution is 2.45. The van der Waals surface area contributed by atoms with Gasteiger partial charge in [0.1, 0.15) is 5.69 Å². The normalized spacial score (nSPS) is 25.8. The van der Waals surface area contributed by atoms with Gasteiger partial charge in [-0.3, -0.25) is 4.79 Å². The van der Waals surface area contributed by atoms with E-state index >= 15 is 0 Å². The van der Waals surface area contributed by atoms with Crippen molar-refractivity contribution in [2.75, 3.05) is 19.7 Å². The zero-order valence-corrected chi connectivity index (χ0v) is 14.5. The Morgan fingerprint density at radius 2 is 2.21 bits per heavy atom. The van der Waals surface area contributed by atoms with Crippen LogP contribution in [0.2, 0.25) is 0 Å². The van der Waals surface area contributed by atoms with Gasteiger partial charge in [0.25, 0.3) is 5.91 Å². The van der Waals surface area contributed by atoms with Crippen molar-refractivity contribution >= 4 is 33.4 Å². The van der Waals surface area contributed by atoms with Crippen molar-refractivity contribution in [3.8, 4) is 0 Å². The molecule has 4 rings (SSSR count). The second-order valence-electron chi connectivity index (χ2n) is 7.58. The van der Waals surface area contributed by atoms with Gasteiger partial charge in [-0.05, 0) is 32.8 Å². The Morgan fingerprint density at radius 1 is 1.42 bits per heavy atom. The number of hydrogen-bond donors (Lipinski definition) is 2. The molecule has 0 aromatic carbocycles. The number of carbonyl (C=O) groups is 2. The Hall–Kier alpha value is -1.86. The lowest BCUT2D eigenvalue weighted by Crippen LogP contribution is -2.33. The minimum atomic E-state index is -0.979. The number of rotatable bonds is 2. The van der Waals surface area contributed by atoms with E-state index in [0.29, 0.717) is 24.4 Å². The number of H-pyrrole nitrogens is 1. The second kappa shape index (κ2) is 5.07. The topological polar surface area (TPSA) is 82.6 Å². The highest BCUT2D eigenvalue weighted by molar-refractivity contribution is 7.17. The molecule has 4 heterocycles. The molecule has 128 valence electrons. The van der Waals surface area contributed by atoms with Crippen LogP contribution in [0.4, 0.5) is 0 Å². The summed E-state index contributed by atoms with van der Waals surface area (Å²) >= 11 is 1.34. The number of likely N-dealkylation sites (tertiary alicyclic amines) is 1. The minimum Gasteiger partial charge on any atom is -0.478 e. The number of nitrogens with zero attached hydrogens (tertiary/aromatic N) is 1. The molecule has 2 aliphatic heterocycles. The largest absolute Gasteiger partial charge is 0.478 e. The van der Waals surface area contributed by atoms with E-state index < -0.39 is 5.97 Å². The summed E-state index contributed by atoms with van der Waals surface area (Å²) in [4.78, 5) is 28.9. The van der Waals surface area contributed by atoms with E-state index in [1.165, 1.54) is 11.3 Å². The van der Waals surface area contributed by atoms with E-state index in [1.807, 2.05) is 4.90 Å². The average molecular weight is 348 g/mol. The smallest absolute Gasteiger partial charge is 0.338 e. The fourth-order valence-electron chi connectivity index (χ4n) is 4.08. The van der Waals surface area contributed by atoms with Crippen molar-refractivity contribution in [1.82, 2.24) is 9.88 Å². The number of aromatic carboxylic acids is 1. The molecule has 24 heavy (non-hydrogen) atoms. The van der Waals surface area contributed by atoms with Gasteiger partial charge < -0.3 is 19.7 Å². The number of aromatic amines is 1. The molecule has 1 amide bonds. The zero-order chi connectivity index (χ0) is 17.1. The number of thiophene rings is 1. The first-order valence-corrected chi connectivity index (χ1v) is 8.93. The van der Waals surface area contributed by atoms with Crippen LogP contribution >= 0.6 is 11.3 Å². The van der Waals surface area contributed by atoms with Crippen LogP contribution in [-0.2, 0) is 4.74 Å². The summed E-state index contributed by atoms with van der Waals surface area (Å²) in [5, 5.41) is 10.8. The number of amides is 1. The van der Waals surface area contributed by atoms with Crippen LogP contribution in [0, 0.1) is 5.41 Å². The summed E-state index contributed by atoms with van der Waals surface area (Å²) in [6.07, 6.45) is 1.92. The maximum atomic E-state index is 12.8. The maximum absolute atomic E-state index is 12.8. The Kier molecular flexibility index (Phi) is 3.30. The first-order chi connectivity index (χ1) is 11.3. The molecule has 6 nitrogen and oxygen atoms in total. The van der Waals surface area contributed by atoms with Gasteiger partial charge in [0.2, 0.25) is 0 Å². The number of nitrogens with one attached hydrogen (secondary N) is 1. The van der Waals surface area contributed by atoms with Crippen LogP contribution in [0.25, 0.3) is 10.2 Å². The van der Waals surface area contributed by atoms with Gasteiger partial charge in [0.15, 0.2) is 0 Å². The van der Waals surface area contributed by atoms with Crippen LogP contribution in [0.3, 0.4) is 0 Å². The molecular weight excluding hydrogens is 328 g/mol. The summed E-state index contributed by atoms with van der Waals surface area (Å²) in [6.45, 7) is 6.31. The maximum Gasteiger partial charge on any atom is 0.338 e. The van der Waals surface area contributed by atoms with Crippen molar-refractivity contribution < 1.29 is 19.4 Å². The number of carboxylic acids is 1. The Balaban J connectivity index is 1.56. The van der Waals surface area contributed by atoms with E-state index in [2.05, 4.69) is 18.8 Å². The molecule has 2 aliphatic rings. The van der Waals surface area contributed by atoms with Gasteiger partial charge in [-0.1, -0.05) is 0 Å². The Morgan fingerprint density at radius 3 is 2.88 bits per heavy atom. The molecule has 7 heteroatoms. The van der Waals surface area contributed by atoms with E-state index in [4.69, 9.17) is 4.74 Å². The van der Waals surface area contributed by atoms with Crippen molar-refractivity contribution in [1.29, 1.82) is 0 Å². The summed E-state index contributed by atoms with van der Waals surface area (Å²) < 4.78 is 6.68. The number of fused-ring (bicyclic) bond motifs is 1. The van der Waals surface area contributed by atoms with Crippen LogP contribution in [0.15, 0.2) is 11.4 Å². The van der Waals surface area contributed by atoms with Crippen molar-refractivity contribution in [2.45, 2.75) is 32.3 Å². The predicted octanol–water partition coefficient (Wildman–Crippen LogP) is 2.96. The van der Waals surface area contributed by atoms with Crippen LogP contribution in [0.1, 0.15) is 47.5 Å². The molecule has 1 unspecified atom stereocenters. The Labute approximate surface area is 143 Å². The van der Waals surface area contributed by atoms with Gasteiger partial charge in [-0.25, -0.2) is 4.79 Å². The fourth-order valence-corrected chi connectivity index (χ4v) is 5.01. The molecule has 0 aliphatic carbocycles. The molecule has 2 saturated heterocycles. The third-order valence-electron chi connectivity index (χ3n) is 5.11. The summed E-state index contributed by atoms with van der Waals surface area (Å²) in [7, 11) is 0. The molecule has 0 radical (unpaired) electrons. The lowest BCUT2D eigenvalue weighted by Gasteiger charge is -2.23. The van der Waals surface area contributed by atoms with E-state index in [1.54, 1.807) is 11.4 Å². The zero-order valence-electron chi connectivity index (χ0n) is 13.7. The van der Waals surface area contributed by atoms with Gasteiger partial charge in [-0.2, -0.15) is 0 Å². The van der Waals surface area contributed by atoms with Crippen LogP contribution < -0.4 is 0 Å². The predicted molar refractivity (Wildman–Crippen MR) is 90.7 cm³/mol. The molecule has 2 aromatic heterocycles. The molecule has 2 N–H and O–H groups in total. The van der Waals surface area contributed by atoms with Gasteiger partial charge in [0.05, 0.1) is 28.0 Å². The highest BCUT2D eigenvalue weighted by Gasteiger charge is 2.49. The van der Waals surface area contributed by atoms with Crippen molar-refractivity contribution in [3.05, 3.63) is 22.7 Å². The van der Waals surface area contributed by atoms with Crippen LogP contribution in [-0.4, -0.2) is 52.2 Å². The molecule has 2 aromatic rings. The number of aromatic nitrogens is 1. The van der Waals surface area contributed by atoms with E-state index in [0.717, 1.165) is 24.1 Å². The Bertz CT molecular complexity index is 837. The summed E-state index contributed by atoms with van der Waals surface area (Å²) in [5.41, 5.74) is 1.17. The fraction of sp³-hybridized carbons (Fsp3) is 0.529. The van der Waals surface area contributed by atoms with E-state index in [-0.39, 0.29) is 22.5 Å². The van der Waals surface area contributed by atoms with Gasteiger partial charge in [-0.15, -0.1) is 11.3 Å². The van der Waals surface area contributed by atoms with Crippen molar-refractivity contribution in [2.24, 2.45) is 5.41 Å². The average Bonchev–Trinajstić information content (AvgIpc) is 3.21. The summed E-state index contributed by atoms with van der Waals surface area (Å²) in [6, 6.07) is 1.76. The first-order valence-electron chi connectivity index (χ1n) is 8.05. The van der Waals surface area contributed by atoms with Gasteiger partial charge in [0, 0.05) is 23.9 Å².